The van der Waals surface area contributed by atoms with Gasteiger partial charge in [-0.2, -0.15) is 0 Å². The van der Waals surface area contributed by atoms with Gasteiger partial charge in [0.2, 0.25) is 11.8 Å². The van der Waals surface area contributed by atoms with Crippen molar-refractivity contribution in [3.05, 3.63) is 41.5 Å². The molecule has 3 nitrogen and oxygen atoms in total. The largest absolute Gasteiger partial charge is 0.274 e. The molecule has 2 amide bonds. The molecule has 0 spiro atoms. The van der Waals surface area contributed by atoms with Crippen LogP contribution in [0.3, 0.4) is 0 Å². The van der Waals surface area contributed by atoms with Gasteiger partial charge in [0.25, 0.3) is 0 Å². The zero-order valence-corrected chi connectivity index (χ0v) is 13.2. The number of carbonyl (C=O) groups excluding carboxylic acids is 2. The second-order valence-electron chi connectivity index (χ2n) is 7.45. The Morgan fingerprint density at radius 2 is 1.30 bits per heavy atom. The lowest BCUT2D eigenvalue weighted by Gasteiger charge is -2.34. The van der Waals surface area contributed by atoms with Crippen LogP contribution in [0.15, 0.2) is 41.5 Å². The maximum atomic E-state index is 13.2. The summed E-state index contributed by atoms with van der Waals surface area (Å²) < 4.78 is 0. The number of fused-ring (bicyclic) bond motifs is 5. The van der Waals surface area contributed by atoms with Gasteiger partial charge in [0.05, 0.1) is 17.5 Å². The number of carbonyl (C=O) groups is 2. The van der Waals surface area contributed by atoms with E-state index < -0.39 is 0 Å². The zero-order chi connectivity index (χ0) is 15.6. The summed E-state index contributed by atoms with van der Waals surface area (Å²) in [7, 11) is 0. The quantitative estimate of drug-likeness (QED) is 0.586. The number of benzene rings is 1. The van der Waals surface area contributed by atoms with Crippen molar-refractivity contribution in [1.82, 2.24) is 0 Å². The van der Waals surface area contributed by atoms with Crippen LogP contribution in [0.25, 0.3) is 0 Å². The molecule has 3 heteroatoms. The number of allylic oxidation sites excluding steroid dienone is 2. The van der Waals surface area contributed by atoms with E-state index in [1.54, 1.807) is 11.1 Å². The van der Waals surface area contributed by atoms with Crippen LogP contribution in [0.5, 0.6) is 0 Å². The summed E-state index contributed by atoms with van der Waals surface area (Å²) in [6, 6.07) is 9.49. The third kappa shape index (κ3) is 1.71. The van der Waals surface area contributed by atoms with E-state index in [0.717, 1.165) is 31.4 Å². The maximum Gasteiger partial charge on any atom is 0.238 e. The summed E-state index contributed by atoms with van der Waals surface area (Å²) in [4.78, 5) is 27.8. The van der Waals surface area contributed by atoms with Crippen LogP contribution in [0, 0.1) is 23.7 Å². The third-order valence-corrected chi connectivity index (χ3v) is 6.51. The van der Waals surface area contributed by atoms with Crippen molar-refractivity contribution in [1.29, 1.82) is 0 Å². The molecule has 0 unspecified atom stereocenters. The molecular weight excluding hydrogens is 286 g/mol. The molecule has 0 N–H and O–H groups in total. The number of nitrogens with zero attached hydrogens (tertiary/aromatic N) is 1. The molecule has 1 aromatic carbocycles. The Labute approximate surface area is 136 Å². The molecule has 4 aliphatic rings. The van der Waals surface area contributed by atoms with E-state index in [1.807, 2.05) is 30.3 Å². The fourth-order valence-electron chi connectivity index (χ4n) is 5.72. The smallest absolute Gasteiger partial charge is 0.238 e. The lowest BCUT2D eigenvalue weighted by Crippen LogP contribution is -2.35. The standard InChI is InChI=1S/C20H21NO2/c22-19-17-15-10-4-8-13(15)14-9-5-11-16(14)18(17)20(23)21(19)12-6-2-1-3-7-12/h1-3,6-7,15-18H,4-5,8-11H2/t15-,16+,17-,18-/m1/s1. The Morgan fingerprint density at radius 1 is 0.783 bits per heavy atom. The van der Waals surface area contributed by atoms with E-state index in [9.17, 15) is 9.59 Å². The van der Waals surface area contributed by atoms with Gasteiger partial charge < -0.3 is 0 Å². The van der Waals surface area contributed by atoms with Crippen molar-refractivity contribution >= 4 is 17.5 Å². The van der Waals surface area contributed by atoms with Crippen molar-refractivity contribution in [3.8, 4) is 0 Å². The van der Waals surface area contributed by atoms with Gasteiger partial charge in [0, 0.05) is 0 Å². The monoisotopic (exact) mass is 307 g/mol. The number of amides is 2. The van der Waals surface area contributed by atoms with Gasteiger partial charge in [0.15, 0.2) is 0 Å². The van der Waals surface area contributed by atoms with E-state index in [0.29, 0.717) is 11.8 Å². The summed E-state index contributed by atoms with van der Waals surface area (Å²) in [5.74, 6) is 0.617. The topological polar surface area (TPSA) is 37.4 Å². The molecule has 0 bridgehead atoms. The van der Waals surface area contributed by atoms with Crippen LogP contribution in [0.4, 0.5) is 5.69 Å². The molecule has 2 saturated carbocycles. The second-order valence-corrected chi connectivity index (χ2v) is 7.45. The molecule has 0 radical (unpaired) electrons. The Balaban J connectivity index is 1.62. The first-order valence-electron chi connectivity index (χ1n) is 8.92. The summed E-state index contributed by atoms with van der Waals surface area (Å²) in [5.41, 5.74) is 3.87. The lowest BCUT2D eigenvalue weighted by molar-refractivity contribution is -0.122. The molecule has 1 aliphatic heterocycles. The summed E-state index contributed by atoms with van der Waals surface area (Å²) >= 11 is 0. The van der Waals surface area contributed by atoms with Crippen LogP contribution in [-0.2, 0) is 9.59 Å². The van der Waals surface area contributed by atoms with Crippen molar-refractivity contribution in [2.45, 2.75) is 38.5 Å². The molecule has 23 heavy (non-hydrogen) atoms. The minimum absolute atomic E-state index is 0.0570. The minimum Gasteiger partial charge on any atom is -0.274 e. The molecule has 0 aromatic heterocycles. The van der Waals surface area contributed by atoms with Crippen LogP contribution in [0.1, 0.15) is 38.5 Å². The highest BCUT2D eigenvalue weighted by Gasteiger charge is 2.59. The Hall–Kier alpha value is -1.90. The summed E-state index contributed by atoms with van der Waals surface area (Å²) in [5, 5.41) is 0. The summed E-state index contributed by atoms with van der Waals surface area (Å²) in [6.07, 6.45) is 6.88. The van der Waals surface area contributed by atoms with Gasteiger partial charge in [-0.3, -0.25) is 14.5 Å². The molecule has 3 fully saturated rings. The van der Waals surface area contributed by atoms with Crippen LogP contribution >= 0.6 is 0 Å². The van der Waals surface area contributed by atoms with Crippen LogP contribution < -0.4 is 4.90 Å². The first kappa shape index (κ1) is 13.5. The number of para-hydroxylation sites is 1. The fraction of sp³-hybridized carbons (Fsp3) is 0.500. The van der Waals surface area contributed by atoms with Crippen LogP contribution in [0.2, 0.25) is 0 Å². The van der Waals surface area contributed by atoms with E-state index in [1.165, 1.54) is 17.7 Å². The second kappa shape index (κ2) is 4.80. The van der Waals surface area contributed by atoms with E-state index in [4.69, 9.17) is 0 Å². The Kier molecular flexibility index (Phi) is 2.82. The van der Waals surface area contributed by atoms with Crippen molar-refractivity contribution in [2.75, 3.05) is 4.90 Å². The highest BCUT2D eigenvalue weighted by Crippen LogP contribution is 2.57. The number of hydrogen-bond donors (Lipinski definition) is 0. The van der Waals surface area contributed by atoms with Crippen molar-refractivity contribution < 1.29 is 9.59 Å². The van der Waals surface area contributed by atoms with Crippen LogP contribution in [-0.4, -0.2) is 11.8 Å². The van der Waals surface area contributed by atoms with Gasteiger partial charge in [-0.25, -0.2) is 0 Å². The highest BCUT2D eigenvalue weighted by molar-refractivity contribution is 6.22. The predicted molar refractivity (Wildman–Crippen MR) is 87.6 cm³/mol. The number of rotatable bonds is 1. The average Bonchev–Trinajstić information content (AvgIpc) is 3.26. The molecule has 1 saturated heterocycles. The predicted octanol–water partition coefficient (Wildman–Crippen LogP) is 3.70. The Morgan fingerprint density at radius 3 is 1.83 bits per heavy atom. The maximum absolute atomic E-state index is 13.2. The van der Waals surface area contributed by atoms with Gasteiger partial charge in [-0.15, -0.1) is 0 Å². The first-order chi connectivity index (χ1) is 11.3. The third-order valence-electron chi connectivity index (χ3n) is 6.51. The van der Waals surface area contributed by atoms with E-state index in [2.05, 4.69) is 0 Å². The van der Waals surface area contributed by atoms with Crippen molar-refractivity contribution in [2.24, 2.45) is 23.7 Å². The number of anilines is 1. The molecule has 4 atom stereocenters. The Bertz CT molecular complexity index is 678. The van der Waals surface area contributed by atoms with Gasteiger partial charge in [-0.1, -0.05) is 29.3 Å². The molecule has 5 rings (SSSR count). The molecular formula is C20H21NO2. The van der Waals surface area contributed by atoms with Gasteiger partial charge in [-0.05, 0) is 62.5 Å². The normalized spacial score (nSPS) is 35.6. The van der Waals surface area contributed by atoms with Gasteiger partial charge >= 0.3 is 0 Å². The van der Waals surface area contributed by atoms with E-state index >= 15 is 0 Å². The first-order valence-corrected chi connectivity index (χ1v) is 8.92. The molecule has 118 valence electrons. The minimum atomic E-state index is -0.0907. The molecule has 1 heterocycles. The van der Waals surface area contributed by atoms with Crippen molar-refractivity contribution in [3.63, 3.8) is 0 Å². The fourth-order valence-corrected chi connectivity index (χ4v) is 5.72. The van der Waals surface area contributed by atoms with E-state index in [-0.39, 0.29) is 23.7 Å². The zero-order valence-electron chi connectivity index (χ0n) is 13.2. The number of hydrogen-bond acceptors (Lipinski definition) is 2. The SMILES string of the molecule is O=C1[C@H]2[C@H](C(=O)N1c1ccccc1)[C@H]1CCCC1=C1CCC[C@H]12. The lowest BCUT2D eigenvalue weighted by atomic mass is 9.66. The highest BCUT2D eigenvalue weighted by atomic mass is 16.2. The average molecular weight is 307 g/mol. The molecule has 3 aliphatic carbocycles. The molecule has 1 aromatic rings. The summed E-state index contributed by atoms with van der Waals surface area (Å²) in [6.45, 7) is 0. The number of imide groups is 1. The van der Waals surface area contributed by atoms with Gasteiger partial charge in [0.1, 0.15) is 0 Å².